The van der Waals surface area contributed by atoms with Gasteiger partial charge in [-0.1, -0.05) is 52.0 Å². The van der Waals surface area contributed by atoms with Crippen molar-refractivity contribution in [1.29, 1.82) is 0 Å². The number of sulfonamides is 2. The summed E-state index contributed by atoms with van der Waals surface area (Å²) in [5.74, 6) is -1.08. The van der Waals surface area contributed by atoms with E-state index in [9.17, 15) is 27.0 Å². The molecule has 1 aliphatic rings. The summed E-state index contributed by atoms with van der Waals surface area (Å²) in [5, 5.41) is 40.8. The van der Waals surface area contributed by atoms with E-state index in [4.69, 9.17) is 0 Å². The summed E-state index contributed by atoms with van der Waals surface area (Å²) in [4.78, 5) is 1.87. The van der Waals surface area contributed by atoms with Gasteiger partial charge >= 0.3 is 0 Å². The number of aromatic nitrogens is 6. The van der Waals surface area contributed by atoms with Gasteiger partial charge in [0.15, 0.2) is 11.5 Å². The lowest BCUT2D eigenvalue weighted by atomic mass is 9.98. The molecule has 0 aliphatic carbocycles. The van der Waals surface area contributed by atoms with Gasteiger partial charge in [0.05, 0.1) is 0 Å². The van der Waals surface area contributed by atoms with Crippen molar-refractivity contribution in [1.82, 2.24) is 38.6 Å². The average Bonchev–Trinajstić information content (AvgIpc) is 3.79. The lowest BCUT2D eigenvalue weighted by molar-refractivity contribution is 0.271. The number of piperazine rings is 1. The molecule has 272 valence electrons. The van der Waals surface area contributed by atoms with Gasteiger partial charge < -0.3 is 10.2 Å². The van der Waals surface area contributed by atoms with Crippen LogP contribution in [0.3, 0.4) is 0 Å². The van der Waals surface area contributed by atoms with Crippen LogP contribution < -0.4 is 0 Å². The molecule has 2 unspecified atom stereocenters. The molecule has 3 heterocycles. The van der Waals surface area contributed by atoms with Gasteiger partial charge in [0.25, 0.3) is 0 Å². The molecule has 7 rings (SSSR count). The molecule has 1 aliphatic heterocycles. The van der Waals surface area contributed by atoms with E-state index < -0.39 is 31.5 Å². The molecule has 1 saturated heterocycles. The van der Waals surface area contributed by atoms with Crippen LogP contribution >= 0.6 is 0 Å². The number of phenols is 2. The highest BCUT2D eigenvalue weighted by molar-refractivity contribution is 7.89. The van der Waals surface area contributed by atoms with Crippen LogP contribution in [0.25, 0.3) is 33.4 Å². The van der Waals surface area contributed by atoms with Crippen molar-refractivity contribution in [3.8, 4) is 22.9 Å². The summed E-state index contributed by atoms with van der Waals surface area (Å²) in [5.41, 5.74) is 3.95. The number of hydrogen-bond donors (Lipinski definition) is 2. The first-order valence-corrected chi connectivity index (χ1v) is 20.1. The second kappa shape index (κ2) is 13.6. The summed E-state index contributed by atoms with van der Waals surface area (Å²) in [6.07, 6.45) is 1.43. The van der Waals surface area contributed by atoms with Gasteiger partial charge in [-0.3, -0.25) is 0 Å². The second-order valence-corrected chi connectivity index (χ2v) is 17.0. The number of aromatic hydroxyl groups is 2. The molecule has 0 radical (unpaired) electrons. The quantitative estimate of drug-likeness (QED) is 0.188. The first-order chi connectivity index (χ1) is 24.8. The van der Waals surface area contributed by atoms with Gasteiger partial charge in [-0.05, 0) is 84.3 Å². The maximum Gasteiger partial charge on any atom is 0.246 e. The van der Waals surface area contributed by atoms with Gasteiger partial charge in [-0.15, -0.1) is 30.0 Å². The third-order valence-corrected chi connectivity index (χ3v) is 13.8. The largest absolute Gasteiger partial charge is 0.504 e. The zero-order chi connectivity index (χ0) is 36.9. The molecule has 0 spiro atoms. The van der Waals surface area contributed by atoms with E-state index in [1.165, 1.54) is 30.3 Å². The number of phenolic OH excluding ortho intramolecular Hbond substituents is 2. The molecule has 0 amide bonds. The van der Waals surface area contributed by atoms with Crippen LogP contribution in [0.5, 0.6) is 11.5 Å². The Morgan fingerprint density at radius 1 is 0.577 bits per heavy atom. The van der Waals surface area contributed by atoms with Crippen LogP contribution in [0.1, 0.15) is 63.5 Å². The first-order valence-electron chi connectivity index (χ1n) is 17.2. The lowest BCUT2D eigenvalue weighted by Crippen LogP contribution is -2.50. The molecule has 4 aromatic carbocycles. The smallest absolute Gasteiger partial charge is 0.246 e. The fourth-order valence-corrected chi connectivity index (χ4v) is 9.44. The monoisotopic (exact) mass is 744 g/mol. The fourth-order valence-electron chi connectivity index (χ4n) is 6.33. The van der Waals surface area contributed by atoms with E-state index in [-0.39, 0.29) is 59.2 Å². The van der Waals surface area contributed by atoms with Crippen LogP contribution in [-0.4, -0.2) is 91.8 Å². The number of hydrogen-bond acceptors (Lipinski definition) is 10. The van der Waals surface area contributed by atoms with Gasteiger partial charge in [0.2, 0.25) is 20.0 Å². The minimum atomic E-state index is -4.31. The van der Waals surface area contributed by atoms with Crippen molar-refractivity contribution >= 4 is 42.1 Å². The summed E-state index contributed by atoms with van der Waals surface area (Å²) in [6.45, 7) is 7.17. The predicted octanol–water partition coefficient (Wildman–Crippen LogP) is 5.29. The zero-order valence-electron chi connectivity index (χ0n) is 29.2. The normalized spacial score (nSPS) is 16.1. The van der Waals surface area contributed by atoms with E-state index >= 15 is 0 Å². The summed E-state index contributed by atoms with van der Waals surface area (Å²) in [7, 11) is -8.62. The van der Waals surface area contributed by atoms with E-state index in [2.05, 4.69) is 20.4 Å². The number of benzene rings is 4. The average molecular weight is 745 g/mol. The van der Waals surface area contributed by atoms with Crippen LogP contribution in [0.4, 0.5) is 0 Å². The highest BCUT2D eigenvalue weighted by Gasteiger charge is 2.38. The molecule has 6 aromatic rings. The highest BCUT2D eigenvalue weighted by atomic mass is 32.2. The van der Waals surface area contributed by atoms with Gasteiger partial charge in [-0.2, -0.15) is 8.61 Å². The molecule has 2 aromatic heterocycles. The third-order valence-electron chi connectivity index (χ3n) is 9.95. The Bertz CT molecular complexity index is 2280. The maximum absolute atomic E-state index is 14.2. The number of fused-ring (bicyclic) bond motifs is 2. The SMILES string of the molecule is CCC(C)c1cc(-n2nc3ccccc3n2)c(O)c(S(=O)(=O)N2CCN(S(=O)(=O)c3cc(C(C)CC)cc(-n4nc5ccccc5n4)c3O)CC2)c1. The van der Waals surface area contributed by atoms with Crippen molar-refractivity contribution in [2.24, 2.45) is 0 Å². The molecule has 52 heavy (non-hydrogen) atoms. The first kappa shape index (κ1) is 35.5. The molecule has 2 N–H and O–H groups in total. The molecular formula is C36H40N8O6S2. The topological polar surface area (TPSA) is 177 Å². The lowest BCUT2D eigenvalue weighted by Gasteiger charge is -2.34. The van der Waals surface area contributed by atoms with E-state index in [0.717, 1.165) is 0 Å². The molecule has 1 fully saturated rings. The Hall–Kier alpha value is -4.90. The Balaban J connectivity index is 1.21. The van der Waals surface area contributed by atoms with Gasteiger partial charge in [-0.25, -0.2) is 16.8 Å². The predicted molar refractivity (Wildman–Crippen MR) is 196 cm³/mol. The molecule has 14 nitrogen and oxygen atoms in total. The van der Waals surface area contributed by atoms with E-state index in [1.54, 1.807) is 36.4 Å². The van der Waals surface area contributed by atoms with Crippen LogP contribution in [0.2, 0.25) is 0 Å². The van der Waals surface area contributed by atoms with Crippen LogP contribution in [0.15, 0.2) is 82.6 Å². The van der Waals surface area contributed by atoms with Crippen LogP contribution in [0, 0.1) is 0 Å². The summed E-state index contributed by atoms with van der Waals surface area (Å²) < 4.78 is 59.3. The van der Waals surface area contributed by atoms with E-state index in [0.29, 0.717) is 46.0 Å². The molecule has 2 atom stereocenters. The van der Waals surface area contributed by atoms with Crippen molar-refractivity contribution in [2.75, 3.05) is 26.2 Å². The number of rotatable bonds is 10. The molecule has 0 bridgehead atoms. The number of nitrogens with zero attached hydrogens (tertiary/aromatic N) is 8. The molecule has 16 heteroatoms. The standard InChI is InChI=1S/C36H40N8O6S2/c1-5-23(3)25-19-31(43-37-27-11-7-8-12-28(27)38-43)35(45)33(21-25)51(47,48)41-15-17-42(18-16-41)52(49,50)34-22-26(24(4)6-2)20-32(36(34)46)44-39-29-13-9-10-14-30(29)40-44/h7-14,19-24,45-46H,5-6,15-18H2,1-4H3. The molecule has 0 saturated carbocycles. The maximum atomic E-state index is 14.2. The van der Waals surface area contributed by atoms with Crippen molar-refractivity contribution in [3.05, 3.63) is 83.9 Å². The van der Waals surface area contributed by atoms with Crippen molar-refractivity contribution in [3.63, 3.8) is 0 Å². The van der Waals surface area contributed by atoms with Crippen molar-refractivity contribution in [2.45, 2.75) is 62.2 Å². The molecular weight excluding hydrogens is 705 g/mol. The van der Waals surface area contributed by atoms with Crippen molar-refractivity contribution < 1.29 is 27.0 Å². The fraction of sp³-hybridized carbons (Fsp3) is 0.333. The minimum Gasteiger partial charge on any atom is -0.504 e. The Kier molecular flexibility index (Phi) is 9.27. The van der Waals surface area contributed by atoms with E-state index in [1.807, 2.05) is 52.0 Å². The summed E-state index contributed by atoms with van der Waals surface area (Å²) in [6, 6.07) is 20.7. The Labute approximate surface area is 302 Å². The Morgan fingerprint density at radius 3 is 1.17 bits per heavy atom. The zero-order valence-corrected chi connectivity index (χ0v) is 30.9. The van der Waals surface area contributed by atoms with Crippen LogP contribution in [-0.2, 0) is 20.0 Å². The second-order valence-electron chi connectivity index (χ2n) is 13.2. The minimum absolute atomic E-state index is 0.0423. The Morgan fingerprint density at radius 2 is 0.885 bits per heavy atom. The van der Waals surface area contributed by atoms with Gasteiger partial charge in [0, 0.05) is 26.2 Å². The summed E-state index contributed by atoms with van der Waals surface area (Å²) >= 11 is 0. The third kappa shape index (κ3) is 6.18. The van der Waals surface area contributed by atoms with Gasteiger partial charge in [0.1, 0.15) is 43.2 Å². The highest BCUT2D eigenvalue weighted by Crippen LogP contribution is 2.39.